The first-order valence-corrected chi connectivity index (χ1v) is 31.9. The van der Waals surface area contributed by atoms with Crippen molar-refractivity contribution >= 4 is 11.9 Å². The topological polar surface area (TPSA) is 72.8 Å². The van der Waals surface area contributed by atoms with Crippen LogP contribution in [-0.2, 0) is 19.1 Å². The Kier molecular flexibility index (Phi) is 61.9. The van der Waals surface area contributed by atoms with Gasteiger partial charge >= 0.3 is 11.9 Å². The average molecular weight is 1040 g/mol. The smallest absolute Gasteiger partial charge is 0.306 e. The summed E-state index contributed by atoms with van der Waals surface area (Å²) in [6.45, 7) is 4.04. The molecule has 0 aromatic carbocycles. The van der Waals surface area contributed by atoms with E-state index in [1.165, 1.54) is 161 Å². The predicted octanol–water partition coefficient (Wildman–Crippen LogP) is 22.0. The molecular weight excluding hydrogens is 921 g/mol. The number of unbranched alkanes of at least 4 members (excludes halogenated alkanes) is 32. The standard InChI is InChI=1S/C70H120O5/c1-3-5-7-9-11-13-15-17-19-21-23-25-27-29-31-33-34-35-36-37-39-41-43-45-47-49-51-53-55-57-59-61-63-65-70(73)75-68(66-71)67-74-69(72)64-62-60-58-56-54-52-50-48-46-44-42-40-38-32-30-28-26-24-22-20-18-16-14-12-10-8-6-4-2/h5,7,11,13,17,19,23,25,29,31,34-35,37,39,43,45,49,51,68,71H,3-4,6,8-10,12,14-16,18,20-22,24,26-28,30,32-33,36,38,40-42,44,46-48,50,52-67H2,1-2H3/b7-5-,13-11-,19-17-,25-23-,31-29-,35-34-,39-37-,45-43-,51-49-. The molecule has 1 unspecified atom stereocenters. The van der Waals surface area contributed by atoms with Crippen LogP contribution in [-0.4, -0.2) is 36.4 Å². The van der Waals surface area contributed by atoms with Crippen molar-refractivity contribution in [2.45, 2.75) is 309 Å². The molecule has 1 N–H and O–H groups in total. The Labute approximate surface area is 465 Å². The largest absolute Gasteiger partial charge is 0.462 e. The summed E-state index contributed by atoms with van der Waals surface area (Å²) in [7, 11) is 0. The van der Waals surface area contributed by atoms with Gasteiger partial charge in [0.25, 0.3) is 0 Å². The molecule has 0 aliphatic rings. The number of allylic oxidation sites excluding steroid dienone is 18. The van der Waals surface area contributed by atoms with Crippen molar-refractivity contribution < 1.29 is 24.2 Å². The Balaban J connectivity index is 3.55. The van der Waals surface area contributed by atoms with Gasteiger partial charge in [0.15, 0.2) is 6.10 Å². The number of hydrogen-bond acceptors (Lipinski definition) is 5. The number of aliphatic hydroxyl groups excluding tert-OH is 1. The van der Waals surface area contributed by atoms with E-state index in [1.807, 2.05) is 0 Å². The Hall–Kier alpha value is -3.44. The van der Waals surface area contributed by atoms with Gasteiger partial charge in [-0.3, -0.25) is 9.59 Å². The predicted molar refractivity (Wildman–Crippen MR) is 329 cm³/mol. The maximum absolute atomic E-state index is 12.3. The molecule has 0 aliphatic heterocycles. The molecule has 0 radical (unpaired) electrons. The van der Waals surface area contributed by atoms with Crippen LogP contribution in [0.4, 0.5) is 0 Å². The quantitative estimate of drug-likeness (QED) is 0.0373. The van der Waals surface area contributed by atoms with E-state index in [4.69, 9.17) is 9.47 Å². The second-order valence-electron chi connectivity index (χ2n) is 21.1. The number of ether oxygens (including phenoxy) is 2. The van der Waals surface area contributed by atoms with E-state index in [0.717, 1.165) is 116 Å². The van der Waals surface area contributed by atoms with Crippen LogP contribution in [0.2, 0.25) is 0 Å². The Morgan fingerprint density at radius 2 is 0.573 bits per heavy atom. The minimum Gasteiger partial charge on any atom is -0.462 e. The van der Waals surface area contributed by atoms with Gasteiger partial charge < -0.3 is 14.6 Å². The van der Waals surface area contributed by atoms with Crippen LogP contribution < -0.4 is 0 Å². The zero-order chi connectivity index (χ0) is 54.1. The van der Waals surface area contributed by atoms with Gasteiger partial charge in [0.2, 0.25) is 0 Å². The lowest BCUT2D eigenvalue weighted by Crippen LogP contribution is -2.28. The van der Waals surface area contributed by atoms with Crippen molar-refractivity contribution in [1.82, 2.24) is 0 Å². The molecule has 0 aliphatic carbocycles. The minimum absolute atomic E-state index is 0.0767. The second kappa shape index (κ2) is 64.8. The van der Waals surface area contributed by atoms with E-state index < -0.39 is 6.10 Å². The molecule has 0 spiro atoms. The van der Waals surface area contributed by atoms with Crippen LogP contribution in [0.1, 0.15) is 303 Å². The molecule has 0 heterocycles. The van der Waals surface area contributed by atoms with Gasteiger partial charge in [-0.1, -0.05) is 316 Å². The Morgan fingerprint density at radius 1 is 0.320 bits per heavy atom. The lowest BCUT2D eigenvalue weighted by molar-refractivity contribution is -0.161. The third kappa shape index (κ3) is 63.0. The molecule has 0 aromatic heterocycles. The van der Waals surface area contributed by atoms with Crippen LogP contribution in [0.25, 0.3) is 0 Å². The van der Waals surface area contributed by atoms with E-state index in [9.17, 15) is 14.7 Å². The maximum atomic E-state index is 12.3. The van der Waals surface area contributed by atoms with Crippen molar-refractivity contribution in [1.29, 1.82) is 0 Å². The highest BCUT2D eigenvalue weighted by Crippen LogP contribution is 2.17. The van der Waals surface area contributed by atoms with E-state index in [1.54, 1.807) is 0 Å². The van der Waals surface area contributed by atoms with Crippen LogP contribution in [0.3, 0.4) is 0 Å². The van der Waals surface area contributed by atoms with Crippen molar-refractivity contribution in [3.8, 4) is 0 Å². The average Bonchev–Trinajstić information content (AvgIpc) is 3.41. The molecular formula is C70H120O5. The fourth-order valence-corrected chi connectivity index (χ4v) is 9.08. The summed E-state index contributed by atoms with van der Waals surface area (Å²) in [5.74, 6) is -0.607. The van der Waals surface area contributed by atoms with Gasteiger partial charge in [-0.2, -0.15) is 0 Å². The molecule has 75 heavy (non-hydrogen) atoms. The van der Waals surface area contributed by atoms with E-state index in [2.05, 4.69) is 123 Å². The molecule has 0 fully saturated rings. The van der Waals surface area contributed by atoms with Gasteiger partial charge in [-0.25, -0.2) is 0 Å². The minimum atomic E-state index is -0.790. The zero-order valence-corrected chi connectivity index (χ0v) is 49.3. The number of hydrogen-bond donors (Lipinski definition) is 1. The third-order valence-electron chi connectivity index (χ3n) is 13.8. The molecule has 0 aromatic rings. The lowest BCUT2D eigenvalue weighted by Gasteiger charge is -2.15. The second-order valence-corrected chi connectivity index (χ2v) is 21.1. The highest BCUT2D eigenvalue weighted by molar-refractivity contribution is 5.70. The number of carbonyl (C=O) groups excluding carboxylic acids is 2. The van der Waals surface area contributed by atoms with E-state index >= 15 is 0 Å². The molecule has 0 saturated carbocycles. The normalized spacial score (nSPS) is 12.9. The number of aliphatic hydroxyl groups is 1. The Bertz CT molecular complexity index is 1460. The van der Waals surface area contributed by atoms with Crippen LogP contribution >= 0.6 is 0 Å². The van der Waals surface area contributed by atoms with Gasteiger partial charge in [-0.05, 0) is 83.5 Å². The van der Waals surface area contributed by atoms with Gasteiger partial charge in [0.1, 0.15) is 6.61 Å². The number of esters is 2. The third-order valence-corrected chi connectivity index (χ3v) is 13.8. The molecule has 0 rings (SSSR count). The first-order chi connectivity index (χ1) is 37.1. The SMILES string of the molecule is CC/C=C\C/C=C\C/C=C\C/C=C\C/C=C\C/C=C\C/C=C\C/C=C\C/C=C\CCCCCCCC(=O)OC(CO)COC(=O)CCCCCCCCCCCCCCCCCCCCCCCCCCCCCC. The Morgan fingerprint density at radius 3 is 0.867 bits per heavy atom. The first-order valence-electron chi connectivity index (χ1n) is 31.9. The molecule has 1 atom stereocenters. The lowest BCUT2D eigenvalue weighted by atomic mass is 10.0. The summed E-state index contributed by atoms with van der Waals surface area (Å²) < 4.78 is 10.7. The zero-order valence-electron chi connectivity index (χ0n) is 49.3. The van der Waals surface area contributed by atoms with Crippen molar-refractivity contribution in [3.05, 3.63) is 109 Å². The summed E-state index contributed by atoms with van der Waals surface area (Å²) in [5.41, 5.74) is 0. The fourth-order valence-electron chi connectivity index (χ4n) is 9.08. The molecule has 0 bridgehead atoms. The molecule has 0 saturated heterocycles. The molecule has 0 amide bonds. The first kappa shape index (κ1) is 71.6. The highest BCUT2D eigenvalue weighted by atomic mass is 16.6. The summed E-state index contributed by atoms with van der Waals surface area (Å²) in [5, 5.41) is 9.68. The van der Waals surface area contributed by atoms with Crippen molar-refractivity contribution in [3.63, 3.8) is 0 Å². The fraction of sp³-hybridized carbons (Fsp3) is 0.714. The van der Waals surface area contributed by atoms with Gasteiger partial charge in [-0.15, -0.1) is 0 Å². The molecule has 5 nitrogen and oxygen atoms in total. The highest BCUT2D eigenvalue weighted by Gasteiger charge is 2.16. The van der Waals surface area contributed by atoms with Crippen LogP contribution in [0, 0.1) is 0 Å². The van der Waals surface area contributed by atoms with Crippen molar-refractivity contribution in [2.24, 2.45) is 0 Å². The van der Waals surface area contributed by atoms with E-state index in [-0.39, 0.29) is 25.2 Å². The van der Waals surface area contributed by atoms with Crippen molar-refractivity contribution in [2.75, 3.05) is 13.2 Å². The van der Waals surface area contributed by atoms with Crippen LogP contribution in [0.5, 0.6) is 0 Å². The van der Waals surface area contributed by atoms with E-state index in [0.29, 0.717) is 12.8 Å². The summed E-state index contributed by atoms with van der Waals surface area (Å²) >= 11 is 0. The number of rotatable bonds is 58. The summed E-state index contributed by atoms with van der Waals surface area (Å²) in [6, 6.07) is 0. The summed E-state index contributed by atoms with van der Waals surface area (Å²) in [4.78, 5) is 24.6. The van der Waals surface area contributed by atoms with Crippen LogP contribution in [0.15, 0.2) is 109 Å². The summed E-state index contributed by atoms with van der Waals surface area (Å²) in [6.07, 6.45) is 93.7. The van der Waals surface area contributed by atoms with Gasteiger partial charge in [0, 0.05) is 12.8 Å². The monoisotopic (exact) mass is 1040 g/mol. The maximum Gasteiger partial charge on any atom is 0.306 e. The molecule has 5 heteroatoms. The molecule has 430 valence electrons. The number of carbonyl (C=O) groups is 2. The van der Waals surface area contributed by atoms with Gasteiger partial charge in [0.05, 0.1) is 6.61 Å².